The highest BCUT2D eigenvalue weighted by Gasteiger charge is 2.35. The van der Waals surface area contributed by atoms with Gasteiger partial charge in [0.25, 0.3) is 0 Å². The van der Waals surface area contributed by atoms with Gasteiger partial charge in [0.1, 0.15) is 11.9 Å². The van der Waals surface area contributed by atoms with E-state index in [1.54, 1.807) is 24.0 Å². The highest BCUT2D eigenvalue weighted by molar-refractivity contribution is 7.91. The van der Waals surface area contributed by atoms with Crippen LogP contribution < -0.4 is 0 Å². The number of carboxylic acids is 1. The monoisotopic (exact) mass is 301 g/mol. The summed E-state index contributed by atoms with van der Waals surface area (Å²) in [6.07, 6.45) is 0. The Morgan fingerprint density at radius 3 is 2.80 bits per heavy atom. The number of aliphatic carboxylic acids is 1. The van der Waals surface area contributed by atoms with Crippen LogP contribution in [0.15, 0.2) is 18.2 Å². The highest BCUT2D eigenvalue weighted by atomic mass is 32.2. The molecule has 1 aromatic rings. The van der Waals surface area contributed by atoms with E-state index in [-0.39, 0.29) is 23.9 Å². The minimum absolute atomic E-state index is 0.0447. The molecule has 0 amide bonds. The molecule has 0 aromatic heterocycles. The van der Waals surface area contributed by atoms with Crippen molar-refractivity contribution in [3.63, 3.8) is 0 Å². The second-order valence-electron chi connectivity index (χ2n) is 5.02. The van der Waals surface area contributed by atoms with Crippen molar-refractivity contribution in [2.24, 2.45) is 0 Å². The van der Waals surface area contributed by atoms with E-state index in [0.717, 1.165) is 5.56 Å². The van der Waals surface area contributed by atoms with Gasteiger partial charge in [-0.25, -0.2) is 12.8 Å². The largest absolute Gasteiger partial charge is 0.480 e. The van der Waals surface area contributed by atoms with Gasteiger partial charge in [-0.15, -0.1) is 0 Å². The van der Waals surface area contributed by atoms with Crippen LogP contribution in [0.2, 0.25) is 0 Å². The number of carbonyl (C=O) groups is 1. The number of halogens is 1. The van der Waals surface area contributed by atoms with Gasteiger partial charge in [-0.1, -0.05) is 12.1 Å². The third-order valence-corrected chi connectivity index (χ3v) is 5.06. The van der Waals surface area contributed by atoms with Gasteiger partial charge in [0.05, 0.1) is 11.5 Å². The molecule has 0 aliphatic carbocycles. The zero-order valence-corrected chi connectivity index (χ0v) is 11.9. The van der Waals surface area contributed by atoms with E-state index >= 15 is 0 Å². The Kier molecular flexibility index (Phi) is 4.10. The van der Waals surface area contributed by atoms with Gasteiger partial charge in [0.15, 0.2) is 9.84 Å². The molecule has 5 nitrogen and oxygen atoms in total. The zero-order valence-electron chi connectivity index (χ0n) is 11.0. The van der Waals surface area contributed by atoms with Crippen LogP contribution in [0.4, 0.5) is 4.39 Å². The normalized spacial score (nSPS) is 22.6. The van der Waals surface area contributed by atoms with E-state index in [1.165, 1.54) is 6.07 Å². The van der Waals surface area contributed by atoms with Crippen molar-refractivity contribution in [1.82, 2.24) is 4.90 Å². The van der Waals surface area contributed by atoms with Gasteiger partial charge < -0.3 is 5.11 Å². The third-order valence-electron chi connectivity index (χ3n) is 3.44. The minimum Gasteiger partial charge on any atom is -0.480 e. The van der Waals surface area contributed by atoms with Gasteiger partial charge in [-0.2, -0.15) is 0 Å². The number of hydrogen-bond acceptors (Lipinski definition) is 4. The van der Waals surface area contributed by atoms with Crippen LogP contribution in [0.3, 0.4) is 0 Å². The minimum atomic E-state index is -3.30. The predicted molar refractivity (Wildman–Crippen MR) is 71.6 cm³/mol. The first-order valence-corrected chi connectivity index (χ1v) is 8.03. The molecule has 20 heavy (non-hydrogen) atoms. The predicted octanol–water partition coefficient (Wildman–Crippen LogP) is 0.818. The Morgan fingerprint density at radius 1 is 1.50 bits per heavy atom. The standard InChI is InChI=1S/C13H16FNO4S/c1-9-6-10(2-3-11(9)14)7-15-4-5-20(18,19)8-12(15)13(16)17/h2-3,6,12H,4-5,7-8H2,1H3,(H,16,17). The lowest BCUT2D eigenvalue weighted by atomic mass is 10.1. The van der Waals surface area contributed by atoms with E-state index in [4.69, 9.17) is 5.11 Å². The molecular formula is C13H16FNO4S. The molecule has 0 spiro atoms. The summed E-state index contributed by atoms with van der Waals surface area (Å²) in [5.74, 6) is -1.88. The number of hydrogen-bond donors (Lipinski definition) is 1. The van der Waals surface area contributed by atoms with E-state index in [2.05, 4.69) is 0 Å². The molecule has 1 aliphatic rings. The Hall–Kier alpha value is -1.47. The van der Waals surface area contributed by atoms with Gasteiger partial charge in [0, 0.05) is 13.1 Å². The lowest BCUT2D eigenvalue weighted by Gasteiger charge is -2.32. The van der Waals surface area contributed by atoms with Gasteiger partial charge in [-0.3, -0.25) is 9.69 Å². The maximum Gasteiger partial charge on any atom is 0.321 e. The fourth-order valence-electron chi connectivity index (χ4n) is 2.30. The van der Waals surface area contributed by atoms with Crippen LogP contribution in [-0.4, -0.2) is 48.5 Å². The van der Waals surface area contributed by atoms with Crippen LogP contribution in [0.5, 0.6) is 0 Å². The van der Waals surface area contributed by atoms with Crippen molar-refractivity contribution in [1.29, 1.82) is 0 Å². The van der Waals surface area contributed by atoms with Crippen LogP contribution in [0, 0.1) is 12.7 Å². The molecule has 1 fully saturated rings. The fraction of sp³-hybridized carbons (Fsp3) is 0.462. The molecule has 0 radical (unpaired) electrons. The highest BCUT2D eigenvalue weighted by Crippen LogP contribution is 2.17. The van der Waals surface area contributed by atoms with Crippen molar-refractivity contribution in [2.75, 3.05) is 18.1 Å². The molecular weight excluding hydrogens is 285 g/mol. The molecule has 1 atom stereocenters. The summed E-state index contributed by atoms with van der Waals surface area (Å²) in [5.41, 5.74) is 1.26. The average Bonchev–Trinajstić information content (AvgIpc) is 2.35. The van der Waals surface area contributed by atoms with Crippen molar-refractivity contribution < 1.29 is 22.7 Å². The molecule has 110 valence electrons. The van der Waals surface area contributed by atoms with Crippen molar-refractivity contribution in [3.8, 4) is 0 Å². The summed E-state index contributed by atoms with van der Waals surface area (Å²) in [7, 11) is -3.30. The number of sulfone groups is 1. The summed E-state index contributed by atoms with van der Waals surface area (Å²) in [6.45, 7) is 2.11. The smallest absolute Gasteiger partial charge is 0.321 e. The molecule has 0 saturated carbocycles. The van der Waals surface area contributed by atoms with E-state index < -0.39 is 21.8 Å². The Balaban J connectivity index is 2.18. The maximum atomic E-state index is 13.2. The van der Waals surface area contributed by atoms with E-state index in [0.29, 0.717) is 12.1 Å². The third kappa shape index (κ3) is 3.34. The first kappa shape index (κ1) is 14.9. The molecule has 7 heteroatoms. The van der Waals surface area contributed by atoms with Crippen molar-refractivity contribution in [2.45, 2.75) is 19.5 Å². The average molecular weight is 301 g/mol. The van der Waals surface area contributed by atoms with Crippen LogP contribution in [0.25, 0.3) is 0 Å². The van der Waals surface area contributed by atoms with E-state index in [9.17, 15) is 17.6 Å². The lowest BCUT2D eigenvalue weighted by Crippen LogP contribution is -2.51. The van der Waals surface area contributed by atoms with E-state index in [1.807, 2.05) is 0 Å². The molecule has 1 N–H and O–H groups in total. The topological polar surface area (TPSA) is 74.7 Å². The molecule has 1 aromatic carbocycles. The Bertz CT molecular complexity index is 629. The zero-order chi connectivity index (χ0) is 14.9. The second kappa shape index (κ2) is 5.49. The number of nitrogens with zero attached hydrogens (tertiary/aromatic N) is 1. The maximum absolute atomic E-state index is 13.2. The number of rotatable bonds is 3. The summed E-state index contributed by atoms with van der Waals surface area (Å²) in [5, 5.41) is 9.15. The SMILES string of the molecule is Cc1cc(CN2CCS(=O)(=O)CC2C(=O)O)ccc1F. The Morgan fingerprint density at radius 2 is 2.20 bits per heavy atom. The summed E-state index contributed by atoms with van der Waals surface area (Å²) >= 11 is 0. The molecule has 1 saturated heterocycles. The number of benzene rings is 1. The van der Waals surface area contributed by atoms with Crippen molar-refractivity contribution >= 4 is 15.8 Å². The van der Waals surface area contributed by atoms with Gasteiger partial charge >= 0.3 is 5.97 Å². The second-order valence-corrected chi connectivity index (χ2v) is 7.25. The first-order chi connectivity index (χ1) is 9.28. The summed E-state index contributed by atoms with van der Waals surface area (Å²) < 4.78 is 36.2. The van der Waals surface area contributed by atoms with Crippen LogP contribution in [0.1, 0.15) is 11.1 Å². The molecule has 1 aliphatic heterocycles. The van der Waals surface area contributed by atoms with Crippen molar-refractivity contribution in [3.05, 3.63) is 35.1 Å². The quantitative estimate of drug-likeness (QED) is 0.894. The first-order valence-electron chi connectivity index (χ1n) is 6.21. The number of aryl methyl sites for hydroxylation is 1. The lowest BCUT2D eigenvalue weighted by molar-refractivity contribution is -0.142. The van der Waals surface area contributed by atoms with Crippen LogP contribution >= 0.6 is 0 Å². The fourth-order valence-corrected chi connectivity index (χ4v) is 3.81. The molecule has 1 unspecified atom stereocenters. The van der Waals surface area contributed by atoms with Gasteiger partial charge in [-0.05, 0) is 24.1 Å². The van der Waals surface area contributed by atoms with Gasteiger partial charge in [0.2, 0.25) is 0 Å². The Labute approximate surface area is 116 Å². The molecule has 1 heterocycles. The summed E-state index contributed by atoms with van der Waals surface area (Å²) in [6, 6.07) is 3.53. The molecule has 2 rings (SSSR count). The molecule has 0 bridgehead atoms. The summed E-state index contributed by atoms with van der Waals surface area (Å²) in [4.78, 5) is 12.8. The number of carboxylic acid groups (broad SMARTS) is 1. The van der Waals surface area contributed by atoms with Crippen LogP contribution in [-0.2, 0) is 21.2 Å².